The molecule has 1 atom stereocenters. The fourth-order valence-corrected chi connectivity index (χ4v) is 2.53. The smallest absolute Gasteiger partial charge is 0.0761 e. The zero-order chi connectivity index (χ0) is 15.2. The summed E-state index contributed by atoms with van der Waals surface area (Å²) >= 11 is 6.23. The Morgan fingerprint density at radius 3 is 2.81 bits per heavy atom. The maximum atomic E-state index is 6.23. The molecule has 0 aliphatic carbocycles. The van der Waals surface area contributed by atoms with E-state index in [-0.39, 0.29) is 0 Å². The molecule has 0 amide bonds. The molecule has 0 aliphatic rings. The van der Waals surface area contributed by atoms with E-state index in [1.165, 1.54) is 0 Å². The van der Waals surface area contributed by atoms with E-state index in [1.807, 2.05) is 37.4 Å². The molecule has 0 spiro atoms. The van der Waals surface area contributed by atoms with E-state index in [4.69, 9.17) is 16.3 Å². The van der Waals surface area contributed by atoms with Gasteiger partial charge in [-0.3, -0.25) is 4.98 Å². The molecule has 2 rings (SSSR count). The van der Waals surface area contributed by atoms with Crippen molar-refractivity contribution in [3.05, 3.63) is 41.0 Å². The summed E-state index contributed by atoms with van der Waals surface area (Å²) in [6.45, 7) is 8.67. The van der Waals surface area contributed by atoms with Gasteiger partial charge in [0, 0.05) is 35.8 Å². The van der Waals surface area contributed by atoms with Crippen LogP contribution in [0, 0.1) is 5.92 Å². The molecule has 1 N–H and O–H groups in total. The van der Waals surface area contributed by atoms with Crippen molar-refractivity contribution in [3.63, 3.8) is 0 Å². The number of nitrogens with one attached hydrogen (secondary N) is 1. The van der Waals surface area contributed by atoms with Crippen molar-refractivity contribution in [1.82, 2.24) is 10.3 Å². The standard InChI is InChI=1S/C17H23ClN2O/c1-4-21-11-16(12(2)3)20-10-13-7-8-15(18)14-6-5-9-19-17(13)14/h5-9,12,16,20H,4,10-11H2,1-3H3. The average Bonchev–Trinajstić information content (AvgIpc) is 2.49. The normalized spacial score (nSPS) is 13.0. The number of halogens is 1. The van der Waals surface area contributed by atoms with Crippen LogP contribution in [0.3, 0.4) is 0 Å². The second kappa shape index (κ2) is 7.74. The topological polar surface area (TPSA) is 34.1 Å². The molecule has 21 heavy (non-hydrogen) atoms. The molecular formula is C17H23ClN2O. The van der Waals surface area contributed by atoms with Gasteiger partial charge < -0.3 is 10.1 Å². The van der Waals surface area contributed by atoms with Crippen molar-refractivity contribution in [2.75, 3.05) is 13.2 Å². The maximum Gasteiger partial charge on any atom is 0.0761 e. The Labute approximate surface area is 131 Å². The van der Waals surface area contributed by atoms with Crippen molar-refractivity contribution in [3.8, 4) is 0 Å². The highest BCUT2D eigenvalue weighted by Gasteiger charge is 2.14. The van der Waals surface area contributed by atoms with E-state index in [2.05, 4.69) is 24.1 Å². The average molecular weight is 307 g/mol. The van der Waals surface area contributed by atoms with Crippen LogP contribution in [-0.2, 0) is 11.3 Å². The van der Waals surface area contributed by atoms with Crippen LogP contribution < -0.4 is 5.32 Å². The molecule has 1 unspecified atom stereocenters. The van der Waals surface area contributed by atoms with E-state index in [0.717, 1.165) is 41.2 Å². The van der Waals surface area contributed by atoms with Crippen molar-refractivity contribution in [1.29, 1.82) is 0 Å². The number of rotatable bonds is 7. The van der Waals surface area contributed by atoms with E-state index in [0.29, 0.717) is 12.0 Å². The Balaban J connectivity index is 2.14. The largest absolute Gasteiger partial charge is 0.380 e. The molecule has 0 saturated heterocycles. The summed E-state index contributed by atoms with van der Waals surface area (Å²) in [4.78, 5) is 4.47. The molecule has 4 heteroatoms. The molecule has 0 bridgehead atoms. The van der Waals surface area contributed by atoms with E-state index in [9.17, 15) is 0 Å². The highest BCUT2D eigenvalue weighted by Crippen LogP contribution is 2.24. The first-order valence-corrected chi connectivity index (χ1v) is 7.84. The quantitative estimate of drug-likeness (QED) is 0.838. The van der Waals surface area contributed by atoms with Crippen molar-refractivity contribution in [2.45, 2.75) is 33.4 Å². The van der Waals surface area contributed by atoms with E-state index >= 15 is 0 Å². The summed E-state index contributed by atoms with van der Waals surface area (Å²) in [5, 5.41) is 5.32. The van der Waals surface area contributed by atoms with Gasteiger partial charge in [-0.1, -0.05) is 31.5 Å². The zero-order valence-electron chi connectivity index (χ0n) is 12.9. The van der Waals surface area contributed by atoms with Crippen LogP contribution in [0.5, 0.6) is 0 Å². The minimum absolute atomic E-state index is 0.333. The van der Waals surface area contributed by atoms with Gasteiger partial charge in [-0.05, 0) is 36.6 Å². The molecular weight excluding hydrogens is 284 g/mol. The molecule has 3 nitrogen and oxygen atoms in total. The minimum atomic E-state index is 0.333. The van der Waals surface area contributed by atoms with Crippen LogP contribution in [0.2, 0.25) is 5.02 Å². The molecule has 0 aliphatic heterocycles. The zero-order valence-corrected chi connectivity index (χ0v) is 13.7. The molecule has 0 fully saturated rings. The summed E-state index contributed by atoms with van der Waals surface area (Å²) in [6, 6.07) is 8.24. The lowest BCUT2D eigenvalue weighted by atomic mass is 10.0. The van der Waals surface area contributed by atoms with Crippen molar-refractivity contribution >= 4 is 22.5 Å². The molecule has 1 aromatic heterocycles. The fourth-order valence-electron chi connectivity index (χ4n) is 2.31. The number of pyridine rings is 1. The number of nitrogens with zero attached hydrogens (tertiary/aromatic N) is 1. The Kier molecular flexibility index (Phi) is 5.97. The van der Waals surface area contributed by atoms with Gasteiger partial charge in [0.2, 0.25) is 0 Å². The Bertz CT molecular complexity index is 586. The van der Waals surface area contributed by atoms with Gasteiger partial charge >= 0.3 is 0 Å². The van der Waals surface area contributed by atoms with Crippen molar-refractivity contribution in [2.24, 2.45) is 5.92 Å². The van der Waals surface area contributed by atoms with Crippen LogP contribution in [0.1, 0.15) is 26.3 Å². The Morgan fingerprint density at radius 2 is 2.10 bits per heavy atom. The summed E-state index contributed by atoms with van der Waals surface area (Å²) < 4.78 is 5.55. The number of hydrogen-bond donors (Lipinski definition) is 1. The number of ether oxygens (including phenoxy) is 1. The summed E-state index contributed by atoms with van der Waals surface area (Å²) in [7, 11) is 0. The predicted octanol–water partition coefficient (Wildman–Crippen LogP) is 4.04. The van der Waals surface area contributed by atoms with Gasteiger partial charge in [0.1, 0.15) is 0 Å². The third kappa shape index (κ3) is 4.16. The molecule has 0 saturated carbocycles. The maximum absolute atomic E-state index is 6.23. The first kappa shape index (κ1) is 16.2. The van der Waals surface area contributed by atoms with Crippen LogP contribution in [-0.4, -0.2) is 24.2 Å². The summed E-state index contributed by atoms with van der Waals surface area (Å²) in [5.41, 5.74) is 2.13. The van der Waals surface area contributed by atoms with E-state index in [1.54, 1.807) is 0 Å². The summed E-state index contributed by atoms with van der Waals surface area (Å²) in [6.07, 6.45) is 1.81. The van der Waals surface area contributed by atoms with Crippen LogP contribution in [0.4, 0.5) is 0 Å². The minimum Gasteiger partial charge on any atom is -0.380 e. The van der Waals surface area contributed by atoms with Gasteiger partial charge in [-0.15, -0.1) is 0 Å². The molecule has 114 valence electrons. The van der Waals surface area contributed by atoms with E-state index < -0.39 is 0 Å². The second-order valence-corrected chi connectivity index (χ2v) is 5.90. The lowest BCUT2D eigenvalue weighted by molar-refractivity contribution is 0.108. The SMILES string of the molecule is CCOCC(NCc1ccc(Cl)c2cccnc12)C(C)C. The third-order valence-electron chi connectivity index (χ3n) is 3.66. The van der Waals surface area contributed by atoms with Crippen LogP contribution in [0.15, 0.2) is 30.5 Å². The lowest BCUT2D eigenvalue weighted by Gasteiger charge is -2.22. The number of hydrogen-bond acceptors (Lipinski definition) is 3. The molecule has 2 aromatic rings. The summed E-state index contributed by atoms with van der Waals surface area (Å²) in [5.74, 6) is 0.517. The lowest BCUT2D eigenvalue weighted by Crippen LogP contribution is -2.37. The predicted molar refractivity (Wildman–Crippen MR) is 88.7 cm³/mol. The highest BCUT2D eigenvalue weighted by molar-refractivity contribution is 6.35. The Hall–Kier alpha value is -1.16. The Morgan fingerprint density at radius 1 is 1.29 bits per heavy atom. The number of fused-ring (bicyclic) bond motifs is 1. The molecule has 1 aromatic carbocycles. The molecule has 0 radical (unpaired) electrons. The van der Waals surface area contributed by atoms with Gasteiger partial charge in [-0.25, -0.2) is 0 Å². The van der Waals surface area contributed by atoms with Crippen LogP contribution in [0.25, 0.3) is 10.9 Å². The molecule has 1 heterocycles. The highest BCUT2D eigenvalue weighted by atomic mass is 35.5. The van der Waals surface area contributed by atoms with Gasteiger partial charge in [0.15, 0.2) is 0 Å². The fraction of sp³-hybridized carbons (Fsp3) is 0.471. The first-order chi connectivity index (χ1) is 10.1. The van der Waals surface area contributed by atoms with Crippen molar-refractivity contribution < 1.29 is 4.74 Å². The van der Waals surface area contributed by atoms with Gasteiger partial charge in [0.25, 0.3) is 0 Å². The van der Waals surface area contributed by atoms with Gasteiger partial charge in [-0.2, -0.15) is 0 Å². The third-order valence-corrected chi connectivity index (χ3v) is 3.99. The monoisotopic (exact) mass is 306 g/mol. The number of aromatic nitrogens is 1. The second-order valence-electron chi connectivity index (χ2n) is 5.50. The number of benzene rings is 1. The first-order valence-electron chi connectivity index (χ1n) is 7.46. The van der Waals surface area contributed by atoms with Crippen LogP contribution >= 0.6 is 11.6 Å². The van der Waals surface area contributed by atoms with Gasteiger partial charge in [0.05, 0.1) is 12.1 Å².